The van der Waals surface area contributed by atoms with Gasteiger partial charge in [-0.3, -0.25) is 14.3 Å². The van der Waals surface area contributed by atoms with E-state index in [2.05, 4.69) is 15.5 Å². The summed E-state index contributed by atoms with van der Waals surface area (Å²) in [5.74, 6) is -0.389. The second kappa shape index (κ2) is 5.89. The normalized spacial score (nSPS) is 12.4. The van der Waals surface area contributed by atoms with Gasteiger partial charge in [0.05, 0.1) is 6.61 Å². The molecule has 84 valence electrons. The largest absolute Gasteiger partial charge is 0.395 e. The van der Waals surface area contributed by atoms with Gasteiger partial charge in [-0.1, -0.05) is 11.3 Å². The zero-order valence-corrected chi connectivity index (χ0v) is 9.73. The highest BCUT2D eigenvalue weighted by Crippen LogP contribution is 2.13. The highest BCUT2D eigenvalue weighted by atomic mass is 32.2. The van der Waals surface area contributed by atoms with Gasteiger partial charge in [0.15, 0.2) is 0 Å². The van der Waals surface area contributed by atoms with Crippen LogP contribution in [0.5, 0.6) is 0 Å². The number of aliphatic hydroxyl groups is 1. The van der Waals surface area contributed by atoms with Crippen molar-refractivity contribution >= 4 is 33.2 Å². The SMILES string of the molecule is Cc1nnc(NC(=O)CS(=O)CCO)s1. The second-order valence-electron chi connectivity index (χ2n) is 2.69. The number of aryl methyl sites for hydroxylation is 1. The van der Waals surface area contributed by atoms with Gasteiger partial charge in [-0.25, -0.2) is 0 Å². The van der Waals surface area contributed by atoms with Gasteiger partial charge in [0, 0.05) is 16.6 Å². The van der Waals surface area contributed by atoms with E-state index < -0.39 is 10.8 Å². The molecule has 0 aromatic carbocycles. The quantitative estimate of drug-likeness (QED) is 0.735. The molecule has 0 fully saturated rings. The molecule has 0 saturated heterocycles. The third-order valence-corrected chi connectivity index (χ3v) is 3.36. The minimum Gasteiger partial charge on any atom is -0.395 e. The molecule has 1 heterocycles. The lowest BCUT2D eigenvalue weighted by Gasteiger charge is -1.99. The molecule has 15 heavy (non-hydrogen) atoms. The molecular weight excluding hydrogens is 238 g/mol. The zero-order chi connectivity index (χ0) is 11.3. The van der Waals surface area contributed by atoms with E-state index in [0.29, 0.717) is 5.13 Å². The molecule has 0 aliphatic heterocycles. The first-order chi connectivity index (χ1) is 7.11. The predicted octanol–water partition coefficient (Wildman–Crippen LogP) is -0.474. The Balaban J connectivity index is 2.39. The second-order valence-corrected chi connectivity index (χ2v) is 5.44. The lowest BCUT2D eigenvalue weighted by atomic mass is 10.7. The summed E-state index contributed by atoms with van der Waals surface area (Å²) in [5, 5.41) is 19.6. The van der Waals surface area contributed by atoms with Crippen molar-refractivity contribution in [3.05, 3.63) is 5.01 Å². The molecule has 0 aliphatic rings. The summed E-state index contributed by atoms with van der Waals surface area (Å²) >= 11 is 1.25. The van der Waals surface area contributed by atoms with E-state index in [1.54, 1.807) is 6.92 Å². The van der Waals surface area contributed by atoms with Crippen LogP contribution in [0.25, 0.3) is 0 Å². The maximum absolute atomic E-state index is 11.3. The van der Waals surface area contributed by atoms with Gasteiger partial charge in [0.2, 0.25) is 11.0 Å². The number of hydrogen-bond acceptors (Lipinski definition) is 6. The van der Waals surface area contributed by atoms with E-state index in [9.17, 15) is 9.00 Å². The third-order valence-electron chi connectivity index (χ3n) is 1.38. The number of carbonyl (C=O) groups is 1. The van der Waals surface area contributed by atoms with Gasteiger partial charge in [0.25, 0.3) is 0 Å². The van der Waals surface area contributed by atoms with E-state index in [-0.39, 0.29) is 24.0 Å². The third kappa shape index (κ3) is 4.45. The molecule has 1 amide bonds. The maximum Gasteiger partial charge on any atom is 0.238 e. The Bertz CT molecular complexity index is 366. The number of hydrogen-bond donors (Lipinski definition) is 2. The summed E-state index contributed by atoms with van der Waals surface area (Å²) in [6.07, 6.45) is 0. The molecule has 0 aliphatic carbocycles. The van der Waals surface area contributed by atoms with E-state index >= 15 is 0 Å². The monoisotopic (exact) mass is 249 g/mol. The number of anilines is 1. The Kier molecular flexibility index (Phi) is 4.79. The van der Waals surface area contributed by atoms with E-state index in [1.807, 2.05) is 0 Å². The standard InChI is InChI=1S/C7H11N3O3S2/c1-5-9-10-7(14-5)8-6(12)4-15(13)3-2-11/h11H,2-4H2,1H3,(H,8,10,12). The molecule has 1 aromatic heterocycles. The highest BCUT2D eigenvalue weighted by molar-refractivity contribution is 7.85. The van der Waals surface area contributed by atoms with Crippen LogP contribution in [0.4, 0.5) is 5.13 Å². The topological polar surface area (TPSA) is 92.2 Å². The zero-order valence-electron chi connectivity index (χ0n) is 8.10. The van der Waals surface area contributed by atoms with E-state index in [1.165, 1.54) is 11.3 Å². The van der Waals surface area contributed by atoms with Crippen molar-refractivity contribution in [2.45, 2.75) is 6.92 Å². The number of aliphatic hydroxyl groups excluding tert-OH is 1. The molecule has 6 nitrogen and oxygen atoms in total. The van der Waals surface area contributed by atoms with Gasteiger partial charge in [-0.15, -0.1) is 10.2 Å². The Labute approximate surface area is 93.2 Å². The molecule has 2 N–H and O–H groups in total. The fourth-order valence-electron chi connectivity index (χ4n) is 0.823. The van der Waals surface area contributed by atoms with Crippen LogP contribution in [0.3, 0.4) is 0 Å². The fraction of sp³-hybridized carbons (Fsp3) is 0.571. The van der Waals surface area contributed by atoms with Crippen LogP contribution in [0.15, 0.2) is 0 Å². The predicted molar refractivity (Wildman–Crippen MR) is 58.2 cm³/mol. The average molecular weight is 249 g/mol. The van der Waals surface area contributed by atoms with Gasteiger partial charge in [-0.05, 0) is 6.92 Å². The minimum atomic E-state index is -1.32. The molecule has 1 atom stereocenters. The van der Waals surface area contributed by atoms with Crippen LogP contribution < -0.4 is 5.32 Å². The summed E-state index contributed by atoms with van der Waals surface area (Å²) < 4.78 is 11.1. The van der Waals surface area contributed by atoms with Gasteiger partial charge in [0.1, 0.15) is 10.8 Å². The molecular formula is C7H11N3O3S2. The number of aromatic nitrogens is 2. The lowest BCUT2D eigenvalue weighted by Crippen LogP contribution is -2.21. The van der Waals surface area contributed by atoms with Crippen molar-refractivity contribution in [1.29, 1.82) is 0 Å². The Hall–Kier alpha value is -0.860. The van der Waals surface area contributed by atoms with Crippen LogP contribution in [0.2, 0.25) is 0 Å². The fourth-order valence-corrected chi connectivity index (χ4v) is 2.14. The molecule has 1 unspecified atom stereocenters. The molecule has 0 saturated carbocycles. The Morgan fingerprint density at radius 3 is 2.87 bits per heavy atom. The molecule has 0 spiro atoms. The smallest absolute Gasteiger partial charge is 0.238 e. The molecule has 1 rings (SSSR count). The summed E-state index contributed by atoms with van der Waals surface area (Å²) in [4.78, 5) is 11.3. The summed E-state index contributed by atoms with van der Waals surface area (Å²) in [6.45, 7) is 1.59. The van der Waals surface area contributed by atoms with Crippen LogP contribution in [-0.2, 0) is 15.6 Å². The molecule has 8 heteroatoms. The minimum absolute atomic E-state index is 0.114. The first-order valence-corrected chi connectivity index (χ1v) is 6.48. The maximum atomic E-state index is 11.3. The highest BCUT2D eigenvalue weighted by Gasteiger charge is 2.09. The lowest BCUT2D eigenvalue weighted by molar-refractivity contribution is -0.113. The number of nitrogens with zero attached hydrogens (tertiary/aromatic N) is 2. The summed E-state index contributed by atoms with van der Waals surface area (Å²) in [6, 6.07) is 0. The van der Waals surface area contributed by atoms with Crippen molar-refractivity contribution < 1.29 is 14.1 Å². The van der Waals surface area contributed by atoms with Crippen molar-refractivity contribution in [2.75, 3.05) is 23.4 Å². The van der Waals surface area contributed by atoms with Crippen LogP contribution in [-0.4, -0.2) is 43.5 Å². The van der Waals surface area contributed by atoms with Gasteiger partial charge < -0.3 is 5.11 Å². The van der Waals surface area contributed by atoms with Crippen LogP contribution in [0, 0.1) is 6.92 Å². The van der Waals surface area contributed by atoms with Crippen molar-refractivity contribution in [3.63, 3.8) is 0 Å². The first-order valence-electron chi connectivity index (χ1n) is 4.17. The number of nitrogens with one attached hydrogen (secondary N) is 1. The van der Waals surface area contributed by atoms with Crippen molar-refractivity contribution in [1.82, 2.24) is 10.2 Å². The van der Waals surface area contributed by atoms with E-state index in [4.69, 9.17) is 5.11 Å². The van der Waals surface area contributed by atoms with Crippen LogP contribution >= 0.6 is 11.3 Å². The summed E-state index contributed by atoms with van der Waals surface area (Å²) in [5.41, 5.74) is 0. The number of amides is 1. The van der Waals surface area contributed by atoms with E-state index in [0.717, 1.165) is 5.01 Å². The average Bonchev–Trinajstić information content (AvgIpc) is 2.51. The van der Waals surface area contributed by atoms with Crippen molar-refractivity contribution in [3.8, 4) is 0 Å². The van der Waals surface area contributed by atoms with Gasteiger partial charge >= 0.3 is 0 Å². The van der Waals surface area contributed by atoms with Crippen LogP contribution in [0.1, 0.15) is 5.01 Å². The Morgan fingerprint density at radius 2 is 2.33 bits per heavy atom. The first kappa shape index (κ1) is 12.2. The Morgan fingerprint density at radius 1 is 1.60 bits per heavy atom. The van der Waals surface area contributed by atoms with Gasteiger partial charge in [-0.2, -0.15) is 0 Å². The number of rotatable bonds is 5. The molecule has 1 aromatic rings. The summed E-state index contributed by atoms with van der Waals surface area (Å²) in [7, 11) is -1.32. The van der Waals surface area contributed by atoms with Crippen molar-refractivity contribution in [2.24, 2.45) is 0 Å². The number of carbonyl (C=O) groups excluding carboxylic acids is 1. The molecule has 0 bridgehead atoms. The molecule has 0 radical (unpaired) electrons.